The average molecular weight is 332 g/mol. The molecule has 23 heavy (non-hydrogen) atoms. The van der Waals surface area contributed by atoms with Crippen LogP contribution in [0.4, 0.5) is 4.79 Å². The van der Waals surface area contributed by atoms with Gasteiger partial charge in [0, 0.05) is 0 Å². The van der Waals surface area contributed by atoms with E-state index in [9.17, 15) is 14.4 Å². The molecule has 0 aliphatic heterocycles. The number of carboxylic acid groups (broad SMARTS) is 1. The number of aliphatic carboxylic acids is 1. The Kier molecular flexibility index (Phi) is 13.0. The Morgan fingerprint density at radius 3 is 2.04 bits per heavy atom. The molecule has 0 heterocycles. The van der Waals surface area contributed by atoms with Crippen LogP contribution in [0.2, 0.25) is 0 Å². The molecule has 0 fully saturated rings. The van der Waals surface area contributed by atoms with E-state index in [2.05, 4.69) is 24.5 Å². The first kappa shape index (κ1) is 23.5. The molecule has 7 nitrogen and oxygen atoms in total. The first-order chi connectivity index (χ1) is 10.6. The van der Waals surface area contributed by atoms with Gasteiger partial charge in [-0.1, -0.05) is 40.0 Å². The quantitative estimate of drug-likeness (QED) is 0.665. The lowest BCUT2D eigenvalue weighted by molar-refractivity contribution is -0.141. The summed E-state index contributed by atoms with van der Waals surface area (Å²) >= 11 is 0. The average Bonchev–Trinajstić information content (AvgIpc) is 2.40. The maximum Gasteiger partial charge on any atom is 0.408 e. The maximum atomic E-state index is 11.5. The molecule has 0 aromatic carbocycles. The zero-order valence-electron chi connectivity index (χ0n) is 15.2. The fraction of sp³-hybridized carbons (Fsp3) is 0.812. The van der Waals surface area contributed by atoms with Gasteiger partial charge in [-0.2, -0.15) is 0 Å². The second-order valence-electron chi connectivity index (χ2n) is 6.16. The highest BCUT2D eigenvalue weighted by molar-refractivity contribution is 5.86. The molecule has 0 aromatic rings. The lowest BCUT2D eigenvalue weighted by Gasteiger charge is -2.20. The molecule has 0 bridgehead atoms. The van der Waals surface area contributed by atoms with Gasteiger partial charge in [-0.05, 0) is 27.2 Å². The largest absolute Gasteiger partial charge is 0.480 e. The summed E-state index contributed by atoms with van der Waals surface area (Å²) in [6, 6.07) is -0.928. The third-order valence-corrected chi connectivity index (χ3v) is 2.27. The van der Waals surface area contributed by atoms with Crippen molar-refractivity contribution in [2.24, 2.45) is 0 Å². The molecule has 0 aliphatic rings. The Balaban J connectivity index is 0. The van der Waals surface area contributed by atoms with Crippen molar-refractivity contribution in [2.45, 2.75) is 78.9 Å². The van der Waals surface area contributed by atoms with Gasteiger partial charge >= 0.3 is 12.1 Å². The van der Waals surface area contributed by atoms with Crippen molar-refractivity contribution >= 4 is 18.0 Å². The van der Waals surface area contributed by atoms with Crippen LogP contribution < -0.4 is 10.6 Å². The van der Waals surface area contributed by atoms with E-state index in [4.69, 9.17) is 9.84 Å². The van der Waals surface area contributed by atoms with Gasteiger partial charge in [0.05, 0.1) is 0 Å². The molecule has 0 aliphatic carbocycles. The van der Waals surface area contributed by atoms with Gasteiger partial charge in [-0.3, -0.25) is 4.79 Å². The van der Waals surface area contributed by atoms with Crippen molar-refractivity contribution in [3.8, 4) is 0 Å². The molecule has 0 saturated heterocycles. The molecule has 0 aromatic heterocycles. The van der Waals surface area contributed by atoms with Gasteiger partial charge in [-0.15, -0.1) is 0 Å². The number of carboxylic acids is 1. The molecule has 7 heteroatoms. The summed E-state index contributed by atoms with van der Waals surface area (Å²) in [5.41, 5.74) is -0.648. The highest BCUT2D eigenvalue weighted by atomic mass is 16.6. The zero-order chi connectivity index (χ0) is 18.5. The smallest absolute Gasteiger partial charge is 0.408 e. The van der Waals surface area contributed by atoms with Crippen LogP contribution in [0.3, 0.4) is 0 Å². The normalized spacial score (nSPS) is 11.6. The lowest BCUT2D eigenvalue weighted by Crippen LogP contribution is -2.46. The molecule has 1 unspecified atom stereocenters. The topological polar surface area (TPSA) is 105 Å². The van der Waals surface area contributed by atoms with E-state index >= 15 is 0 Å². The monoisotopic (exact) mass is 332 g/mol. The van der Waals surface area contributed by atoms with Crippen molar-refractivity contribution in [1.29, 1.82) is 0 Å². The van der Waals surface area contributed by atoms with Crippen molar-refractivity contribution in [2.75, 3.05) is 6.54 Å². The summed E-state index contributed by atoms with van der Waals surface area (Å²) in [5.74, 6) is -1.64. The first-order valence-corrected chi connectivity index (χ1v) is 8.06. The number of amides is 2. The third-order valence-electron chi connectivity index (χ3n) is 2.27. The minimum absolute atomic E-state index is 0.315. The number of carbonyl (C=O) groups excluding carboxylic acids is 2. The van der Waals surface area contributed by atoms with Crippen LogP contribution in [0.1, 0.15) is 67.2 Å². The van der Waals surface area contributed by atoms with Crippen molar-refractivity contribution in [3.63, 3.8) is 0 Å². The summed E-state index contributed by atoms with van der Waals surface area (Å²) in [7, 11) is 0. The Hall–Kier alpha value is -1.79. The van der Waals surface area contributed by atoms with E-state index in [0.29, 0.717) is 12.8 Å². The number of nitrogens with one attached hydrogen (secondary N) is 2. The van der Waals surface area contributed by atoms with Crippen molar-refractivity contribution in [3.05, 3.63) is 0 Å². The number of ether oxygens (including phenoxy) is 1. The van der Waals surface area contributed by atoms with Crippen molar-refractivity contribution < 1.29 is 24.2 Å². The first-order valence-electron chi connectivity index (χ1n) is 8.06. The SMILES string of the molecule is CCC.CCCCC(NC(=O)CNC(=O)OC(C)(C)C)C(=O)O. The minimum Gasteiger partial charge on any atom is -0.480 e. The Morgan fingerprint density at radius 1 is 1.13 bits per heavy atom. The number of hydrogen-bond donors (Lipinski definition) is 3. The molecule has 0 saturated carbocycles. The third kappa shape index (κ3) is 16.4. The number of unbranched alkanes of at least 4 members (excludes halogenated alkanes) is 1. The van der Waals surface area contributed by atoms with Crippen LogP contribution in [0, 0.1) is 0 Å². The molecule has 0 radical (unpaired) electrons. The standard InChI is InChI=1S/C13H24N2O5.C3H8/c1-5-6-7-9(11(17)18)15-10(16)8-14-12(19)20-13(2,3)4;1-3-2/h9H,5-8H2,1-4H3,(H,14,19)(H,15,16)(H,17,18);3H2,1-2H3. The molecule has 0 spiro atoms. The molecular weight excluding hydrogens is 300 g/mol. The molecule has 136 valence electrons. The number of carbonyl (C=O) groups is 3. The van der Waals surface area contributed by atoms with E-state index in [1.165, 1.54) is 6.42 Å². The zero-order valence-corrected chi connectivity index (χ0v) is 15.2. The highest BCUT2D eigenvalue weighted by Crippen LogP contribution is 2.06. The summed E-state index contributed by atoms with van der Waals surface area (Å²) < 4.78 is 4.96. The summed E-state index contributed by atoms with van der Waals surface area (Å²) in [5, 5.41) is 13.6. The lowest BCUT2D eigenvalue weighted by atomic mass is 10.1. The van der Waals surface area contributed by atoms with E-state index < -0.39 is 29.6 Å². The van der Waals surface area contributed by atoms with E-state index in [0.717, 1.165) is 6.42 Å². The van der Waals surface area contributed by atoms with Gasteiger partial charge in [0.25, 0.3) is 0 Å². The maximum absolute atomic E-state index is 11.5. The van der Waals surface area contributed by atoms with Gasteiger partial charge in [0.2, 0.25) is 5.91 Å². The molecule has 0 rings (SSSR count). The molecule has 2 amide bonds. The van der Waals surface area contributed by atoms with Crippen molar-refractivity contribution in [1.82, 2.24) is 10.6 Å². The fourth-order valence-electron chi connectivity index (χ4n) is 1.38. The second-order valence-corrected chi connectivity index (χ2v) is 6.16. The van der Waals surface area contributed by atoms with Crippen LogP contribution in [0.15, 0.2) is 0 Å². The van der Waals surface area contributed by atoms with Crippen LogP contribution in [0.25, 0.3) is 0 Å². The minimum atomic E-state index is -1.08. The Labute approximate surface area is 139 Å². The van der Waals surface area contributed by atoms with Gasteiger partial charge in [0.15, 0.2) is 0 Å². The van der Waals surface area contributed by atoms with Crippen LogP contribution >= 0.6 is 0 Å². The molecule has 1 atom stereocenters. The predicted octanol–water partition coefficient (Wildman–Crippen LogP) is 2.69. The Morgan fingerprint density at radius 2 is 1.65 bits per heavy atom. The van der Waals surface area contributed by atoms with Gasteiger partial charge in [0.1, 0.15) is 18.2 Å². The summed E-state index contributed by atoms with van der Waals surface area (Å²) in [6.45, 7) is 11.0. The molecule has 3 N–H and O–H groups in total. The van der Waals surface area contributed by atoms with Crippen LogP contribution in [-0.4, -0.2) is 41.3 Å². The Bertz CT molecular complexity index is 364. The summed E-state index contributed by atoms with van der Waals surface area (Å²) in [6.07, 6.45) is 2.45. The van der Waals surface area contributed by atoms with Gasteiger partial charge < -0.3 is 20.5 Å². The second kappa shape index (κ2) is 12.7. The van der Waals surface area contributed by atoms with E-state index in [-0.39, 0.29) is 6.54 Å². The predicted molar refractivity (Wildman–Crippen MR) is 89.3 cm³/mol. The number of rotatable bonds is 7. The van der Waals surface area contributed by atoms with Crippen LogP contribution in [-0.2, 0) is 14.3 Å². The highest BCUT2D eigenvalue weighted by Gasteiger charge is 2.20. The number of alkyl carbamates (subject to hydrolysis) is 1. The fourth-order valence-corrected chi connectivity index (χ4v) is 1.38. The van der Waals surface area contributed by atoms with E-state index in [1.54, 1.807) is 20.8 Å². The van der Waals surface area contributed by atoms with Crippen LogP contribution in [0.5, 0.6) is 0 Å². The number of hydrogen-bond acceptors (Lipinski definition) is 4. The van der Waals surface area contributed by atoms with E-state index in [1.807, 2.05) is 6.92 Å². The molecular formula is C16H32N2O5. The van der Waals surface area contributed by atoms with Gasteiger partial charge in [-0.25, -0.2) is 9.59 Å². The summed E-state index contributed by atoms with van der Waals surface area (Å²) in [4.78, 5) is 33.8.